The summed E-state index contributed by atoms with van der Waals surface area (Å²) >= 11 is 1.02. The Morgan fingerprint density at radius 1 is 1.38 bits per heavy atom. The van der Waals surface area contributed by atoms with Crippen LogP contribution in [-0.4, -0.2) is 40.9 Å². The summed E-state index contributed by atoms with van der Waals surface area (Å²) < 4.78 is 4.66. The van der Waals surface area contributed by atoms with E-state index in [0.29, 0.717) is 10.9 Å². The van der Waals surface area contributed by atoms with Crippen LogP contribution in [0.25, 0.3) is 0 Å². The first-order valence-electron chi connectivity index (χ1n) is 6.43. The van der Waals surface area contributed by atoms with Crippen LogP contribution in [0.15, 0.2) is 20.5 Å². The number of esters is 1. The van der Waals surface area contributed by atoms with Crippen molar-refractivity contribution in [2.24, 2.45) is 21.8 Å². The molecule has 8 heteroatoms. The number of carbonyl (C=O) groups excluding carboxylic acids is 2. The molecule has 0 aromatic carbocycles. The second-order valence-electron chi connectivity index (χ2n) is 4.98. The molecule has 2 aliphatic heterocycles. The van der Waals surface area contributed by atoms with Gasteiger partial charge in [0.25, 0.3) is 5.91 Å². The fourth-order valence-corrected chi connectivity index (χ4v) is 3.50. The molecule has 1 unspecified atom stereocenters. The SMILES string of the molecule is COC(=O)C1=C(CC(=O)O)C2C(=O)N=C(C3CC3)N=C2S1. The fourth-order valence-electron chi connectivity index (χ4n) is 2.30. The van der Waals surface area contributed by atoms with Crippen molar-refractivity contribution in [3.8, 4) is 0 Å². The highest BCUT2D eigenvalue weighted by molar-refractivity contribution is 8.18. The predicted molar refractivity (Wildman–Crippen MR) is 75.0 cm³/mol. The first-order chi connectivity index (χ1) is 10.0. The minimum absolute atomic E-state index is 0.143. The molecule has 0 spiro atoms. The predicted octanol–water partition coefficient (Wildman–Crippen LogP) is 0.998. The summed E-state index contributed by atoms with van der Waals surface area (Å²) in [6.07, 6.45) is 1.51. The Morgan fingerprint density at radius 2 is 2.10 bits per heavy atom. The molecule has 2 heterocycles. The zero-order valence-electron chi connectivity index (χ0n) is 11.2. The van der Waals surface area contributed by atoms with Gasteiger partial charge in [-0.3, -0.25) is 9.59 Å². The van der Waals surface area contributed by atoms with Gasteiger partial charge in [0.05, 0.1) is 23.5 Å². The van der Waals surface area contributed by atoms with Crippen LogP contribution >= 0.6 is 11.8 Å². The highest BCUT2D eigenvalue weighted by atomic mass is 32.2. The molecule has 0 bridgehead atoms. The van der Waals surface area contributed by atoms with Crippen LogP contribution in [-0.2, 0) is 19.1 Å². The van der Waals surface area contributed by atoms with E-state index in [4.69, 9.17) is 5.11 Å². The Bertz CT molecular complexity index is 645. The Kier molecular flexibility index (Phi) is 3.40. The molecule has 1 aliphatic carbocycles. The van der Waals surface area contributed by atoms with E-state index in [-0.39, 0.29) is 16.4 Å². The number of carboxylic acids is 1. The first-order valence-corrected chi connectivity index (χ1v) is 7.25. The topological polar surface area (TPSA) is 105 Å². The number of carbonyl (C=O) groups is 3. The highest BCUT2D eigenvalue weighted by Crippen LogP contribution is 2.44. The van der Waals surface area contributed by atoms with Crippen LogP contribution < -0.4 is 0 Å². The zero-order valence-corrected chi connectivity index (χ0v) is 12.0. The van der Waals surface area contributed by atoms with E-state index < -0.39 is 30.2 Å². The van der Waals surface area contributed by atoms with Gasteiger partial charge in [0.15, 0.2) is 0 Å². The van der Waals surface area contributed by atoms with Gasteiger partial charge in [0.1, 0.15) is 11.8 Å². The van der Waals surface area contributed by atoms with Crippen LogP contribution in [0, 0.1) is 11.8 Å². The second-order valence-corrected chi connectivity index (χ2v) is 6.01. The maximum absolute atomic E-state index is 12.2. The molecule has 0 radical (unpaired) electrons. The molecule has 21 heavy (non-hydrogen) atoms. The van der Waals surface area contributed by atoms with Crippen LogP contribution in [0.5, 0.6) is 0 Å². The van der Waals surface area contributed by atoms with Crippen molar-refractivity contribution in [3.05, 3.63) is 10.5 Å². The number of rotatable bonds is 4. The molecule has 3 rings (SSSR count). The Hall–Kier alpha value is -1.96. The average Bonchev–Trinajstić information content (AvgIpc) is 3.21. The lowest BCUT2D eigenvalue weighted by atomic mass is 9.95. The number of hydrogen-bond acceptors (Lipinski definition) is 6. The van der Waals surface area contributed by atoms with Crippen molar-refractivity contribution in [2.75, 3.05) is 7.11 Å². The number of amides is 1. The van der Waals surface area contributed by atoms with Gasteiger partial charge in [-0.15, -0.1) is 0 Å². The van der Waals surface area contributed by atoms with E-state index in [9.17, 15) is 14.4 Å². The first kappa shape index (κ1) is 14.0. The van der Waals surface area contributed by atoms with Crippen LogP contribution in [0.2, 0.25) is 0 Å². The number of nitrogens with zero attached hydrogens (tertiary/aromatic N) is 2. The number of aliphatic imine (C=N–C) groups is 2. The smallest absolute Gasteiger partial charge is 0.344 e. The number of ether oxygens (including phenoxy) is 1. The van der Waals surface area contributed by atoms with Crippen molar-refractivity contribution in [1.29, 1.82) is 0 Å². The van der Waals surface area contributed by atoms with Gasteiger partial charge < -0.3 is 9.84 Å². The molecular weight excluding hydrogens is 296 g/mol. The number of thioether (sulfide) groups is 1. The molecule has 1 saturated carbocycles. The molecule has 1 fully saturated rings. The van der Waals surface area contributed by atoms with E-state index in [1.165, 1.54) is 7.11 Å². The lowest BCUT2D eigenvalue weighted by molar-refractivity contribution is -0.136. The summed E-state index contributed by atoms with van der Waals surface area (Å²) in [6, 6.07) is 0. The molecule has 0 aromatic heterocycles. The van der Waals surface area contributed by atoms with E-state index in [0.717, 1.165) is 24.6 Å². The average molecular weight is 308 g/mol. The standard InChI is InChI=1S/C13H12N2O5S/c1-20-13(19)9-6(4-7(16)17)8-11(18)14-10(5-2-3-5)15-12(8)21-9/h5,8H,2-4H2,1H3,(H,16,17). The van der Waals surface area contributed by atoms with Crippen molar-refractivity contribution < 1.29 is 24.2 Å². The van der Waals surface area contributed by atoms with Crippen molar-refractivity contribution in [2.45, 2.75) is 19.3 Å². The summed E-state index contributed by atoms with van der Waals surface area (Å²) in [6.45, 7) is 0. The molecule has 1 N–H and O–H groups in total. The van der Waals surface area contributed by atoms with Gasteiger partial charge in [-0.2, -0.15) is 4.99 Å². The number of aliphatic carboxylic acids is 1. The van der Waals surface area contributed by atoms with Gasteiger partial charge in [0.2, 0.25) is 0 Å². The Labute approximate surface area is 124 Å². The van der Waals surface area contributed by atoms with Crippen molar-refractivity contribution in [1.82, 2.24) is 0 Å². The molecule has 3 aliphatic rings. The van der Waals surface area contributed by atoms with E-state index in [1.54, 1.807) is 0 Å². The monoisotopic (exact) mass is 308 g/mol. The number of fused-ring (bicyclic) bond motifs is 1. The van der Waals surface area contributed by atoms with Gasteiger partial charge in [-0.25, -0.2) is 9.79 Å². The number of methoxy groups -OCH3 is 1. The second kappa shape index (κ2) is 5.10. The van der Waals surface area contributed by atoms with E-state index >= 15 is 0 Å². The molecule has 0 aromatic rings. The molecule has 0 saturated heterocycles. The maximum atomic E-state index is 12.2. The number of amidine groups is 1. The highest BCUT2D eigenvalue weighted by Gasteiger charge is 2.44. The number of hydrogen-bond donors (Lipinski definition) is 1. The largest absolute Gasteiger partial charge is 0.481 e. The molecule has 1 amide bonds. The summed E-state index contributed by atoms with van der Waals surface area (Å²) in [4.78, 5) is 43.4. The van der Waals surface area contributed by atoms with Crippen LogP contribution in [0.1, 0.15) is 19.3 Å². The number of carboxylic acid groups (broad SMARTS) is 1. The third-order valence-electron chi connectivity index (χ3n) is 3.45. The van der Waals surface area contributed by atoms with Crippen molar-refractivity contribution >= 4 is 40.5 Å². The molecule has 110 valence electrons. The third kappa shape index (κ3) is 2.51. The minimum Gasteiger partial charge on any atom is -0.481 e. The quantitative estimate of drug-likeness (QED) is 0.777. The van der Waals surface area contributed by atoms with Crippen LogP contribution in [0.3, 0.4) is 0 Å². The third-order valence-corrected chi connectivity index (χ3v) is 4.61. The van der Waals surface area contributed by atoms with Crippen LogP contribution in [0.4, 0.5) is 0 Å². The zero-order chi connectivity index (χ0) is 15.1. The van der Waals surface area contributed by atoms with E-state index in [1.807, 2.05) is 0 Å². The summed E-state index contributed by atoms with van der Waals surface area (Å²) in [5.74, 6) is -2.33. The Morgan fingerprint density at radius 3 is 2.67 bits per heavy atom. The fraction of sp³-hybridized carbons (Fsp3) is 0.462. The molecule has 1 atom stereocenters. The van der Waals surface area contributed by atoms with E-state index in [2.05, 4.69) is 14.7 Å². The summed E-state index contributed by atoms with van der Waals surface area (Å²) in [7, 11) is 1.21. The lowest BCUT2D eigenvalue weighted by Gasteiger charge is -2.15. The van der Waals surface area contributed by atoms with Gasteiger partial charge in [-0.05, 0) is 18.4 Å². The lowest BCUT2D eigenvalue weighted by Crippen LogP contribution is -2.27. The maximum Gasteiger partial charge on any atom is 0.344 e. The van der Waals surface area contributed by atoms with Crippen molar-refractivity contribution in [3.63, 3.8) is 0 Å². The minimum atomic E-state index is -1.11. The summed E-state index contributed by atoms with van der Waals surface area (Å²) in [5, 5.41) is 9.43. The molecule has 7 nitrogen and oxygen atoms in total. The Balaban J connectivity index is 1.98. The van der Waals surface area contributed by atoms with Gasteiger partial charge in [0, 0.05) is 5.92 Å². The summed E-state index contributed by atoms with van der Waals surface area (Å²) in [5.41, 5.74) is 0.224. The normalized spacial score (nSPS) is 24.4. The molecular formula is C13H12N2O5S. The van der Waals surface area contributed by atoms with Gasteiger partial charge in [-0.1, -0.05) is 11.8 Å². The van der Waals surface area contributed by atoms with Gasteiger partial charge >= 0.3 is 11.9 Å².